The molecule has 3 unspecified atom stereocenters. The molecule has 1 aliphatic heterocycles. The number of ether oxygens (including phenoxy) is 1. The number of hydrogen-bond donors (Lipinski definition) is 2. The summed E-state index contributed by atoms with van der Waals surface area (Å²) in [6.07, 6.45) is 3.75. The van der Waals surface area contributed by atoms with Crippen LogP contribution in [0.25, 0.3) is 0 Å². The van der Waals surface area contributed by atoms with Crippen molar-refractivity contribution < 1.29 is 4.74 Å². The van der Waals surface area contributed by atoms with E-state index in [0.717, 1.165) is 24.9 Å². The van der Waals surface area contributed by atoms with Crippen molar-refractivity contribution in [3.8, 4) is 0 Å². The van der Waals surface area contributed by atoms with Crippen LogP contribution >= 0.6 is 0 Å². The Morgan fingerprint density at radius 2 is 1.88 bits per heavy atom. The quantitative estimate of drug-likeness (QED) is 0.566. The van der Waals surface area contributed by atoms with Gasteiger partial charge in [-0.3, -0.25) is 10.3 Å². The number of nitrogens with zero attached hydrogens (tertiary/aromatic N) is 1. The minimum atomic E-state index is -0.184. The molecule has 0 bridgehead atoms. The molecule has 2 fully saturated rings. The van der Waals surface area contributed by atoms with E-state index < -0.39 is 0 Å². The highest BCUT2D eigenvalue weighted by atomic mass is 16.5. The van der Waals surface area contributed by atoms with Gasteiger partial charge in [0, 0.05) is 19.1 Å². The lowest BCUT2D eigenvalue weighted by Crippen LogP contribution is -2.53. The van der Waals surface area contributed by atoms with E-state index in [-0.39, 0.29) is 11.9 Å². The molecule has 0 radical (unpaired) electrons. The first kappa shape index (κ1) is 12.8. The molecule has 17 heavy (non-hydrogen) atoms. The molecule has 0 aromatic heterocycles. The second-order valence-electron chi connectivity index (χ2n) is 5.88. The third kappa shape index (κ3) is 3.19. The van der Waals surface area contributed by atoms with Crippen molar-refractivity contribution in [2.75, 3.05) is 19.7 Å². The Hall–Kier alpha value is -0.610. The lowest BCUT2D eigenvalue weighted by molar-refractivity contribution is -0.0267. The van der Waals surface area contributed by atoms with E-state index in [1.807, 2.05) is 0 Å². The number of amidine groups is 1. The van der Waals surface area contributed by atoms with Gasteiger partial charge in [-0.15, -0.1) is 0 Å². The van der Waals surface area contributed by atoms with Gasteiger partial charge in [0.2, 0.25) is 0 Å². The van der Waals surface area contributed by atoms with Crippen molar-refractivity contribution in [3.05, 3.63) is 0 Å². The van der Waals surface area contributed by atoms with Crippen LogP contribution < -0.4 is 5.73 Å². The second kappa shape index (κ2) is 5.36. The third-order valence-corrected chi connectivity index (χ3v) is 4.11. The van der Waals surface area contributed by atoms with E-state index in [1.165, 1.54) is 19.3 Å². The molecule has 1 saturated carbocycles. The first-order valence-corrected chi connectivity index (χ1v) is 6.75. The molecule has 98 valence electrons. The van der Waals surface area contributed by atoms with Crippen LogP contribution in [0, 0.1) is 17.2 Å². The lowest BCUT2D eigenvalue weighted by atomic mass is 9.79. The Kier molecular flexibility index (Phi) is 4.05. The summed E-state index contributed by atoms with van der Waals surface area (Å²) in [5.74, 6) is 1.82. The molecule has 0 aromatic rings. The summed E-state index contributed by atoms with van der Waals surface area (Å²) in [6, 6.07) is 0.666. The van der Waals surface area contributed by atoms with E-state index in [9.17, 15) is 0 Å². The van der Waals surface area contributed by atoms with Crippen LogP contribution in [0.1, 0.15) is 33.1 Å². The van der Waals surface area contributed by atoms with E-state index in [4.69, 9.17) is 15.9 Å². The van der Waals surface area contributed by atoms with Gasteiger partial charge in [0.25, 0.3) is 0 Å². The maximum Gasteiger partial charge on any atom is 0.127 e. The summed E-state index contributed by atoms with van der Waals surface area (Å²) < 4.78 is 5.52. The zero-order chi connectivity index (χ0) is 12.4. The molecule has 2 rings (SSSR count). The maximum atomic E-state index is 7.50. The first-order valence-electron chi connectivity index (χ1n) is 6.75. The van der Waals surface area contributed by atoms with Crippen molar-refractivity contribution in [2.45, 2.75) is 45.3 Å². The van der Waals surface area contributed by atoms with Gasteiger partial charge in [-0.05, 0) is 31.1 Å². The van der Waals surface area contributed by atoms with Crippen LogP contribution in [0.3, 0.4) is 0 Å². The molecule has 0 amide bonds. The fraction of sp³-hybridized carbons (Fsp3) is 0.923. The first-order chi connectivity index (χ1) is 8.06. The van der Waals surface area contributed by atoms with Crippen molar-refractivity contribution in [1.82, 2.24) is 4.90 Å². The molecule has 3 atom stereocenters. The van der Waals surface area contributed by atoms with Gasteiger partial charge in [0.05, 0.1) is 6.61 Å². The predicted octanol–water partition coefficient (Wildman–Crippen LogP) is 1.45. The zero-order valence-corrected chi connectivity index (χ0v) is 11.0. The Bertz CT molecular complexity index is 272. The zero-order valence-electron chi connectivity index (χ0n) is 11.0. The Labute approximate surface area is 104 Å². The summed E-state index contributed by atoms with van der Waals surface area (Å²) in [6.45, 7) is 7.22. The fourth-order valence-electron chi connectivity index (χ4n) is 3.39. The summed E-state index contributed by atoms with van der Waals surface area (Å²) in [4.78, 5) is 2.49. The van der Waals surface area contributed by atoms with Crippen molar-refractivity contribution in [3.63, 3.8) is 0 Å². The summed E-state index contributed by atoms with van der Waals surface area (Å²) in [5.41, 5.74) is 5.55. The normalized spacial score (nSPS) is 40.1. The highest BCUT2D eigenvalue weighted by molar-refractivity contribution is 5.82. The number of hydrogen-bond acceptors (Lipinski definition) is 3. The minimum absolute atomic E-state index is 0.173. The SMILES string of the molecule is CC1CC(C)CC(N2CCOC(C(=N)N)C2)C1. The van der Waals surface area contributed by atoms with Crippen LogP contribution in [0.5, 0.6) is 0 Å². The van der Waals surface area contributed by atoms with Crippen LogP contribution in [0.4, 0.5) is 0 Å². The molecule has 1 saturated heterocycles. The second-order valence-corrected chi connectivity index (χ2v) is 5.88. The molecule has 3 N–H and O–H groups in total. The van der Waals surface area contributed by atoms with E-state index in [0.29, 0.717) is 12.6 Å². The molecular weight excluding hydrogens is 214 g/mol. The van der Waals surface area contributed by atoms with Crippen LogP contribution in [-0.2, 0) is 4.74 Å². The Balaban J connectivity index is 1.94. The summed E-state index contributed by atoms with van der Waals surface area (Å²) in [7, 11) is 0. The van der Waals surface area contributed by atoms with Gasteiger partial charge >= 0.3 is 0 Å². The van der Waals surface area contributed by atoms with Gasteiger partial charge in [-0.1, -0.05) is 13.8 Å². The highest BCUT2D eigenvalue weighted by Crippen LogP contribution is 2.32. The van der Waals surface area contributed by atoms with Gasteiger partial charge in [-0.25, -0.2) is 0 Å². The molecule has 4 nitrogen and oxygen atoms in total. The van der Waals surface area contributed by atoms with E-state index in [2.05, 4.69) is 18.7 Å². The number of nitrogens with one attached hydrogen (secondary N) is 1. The van der Waals surface area contributed by atoms with E-state index in [1.54, 1.807) is 0 Å². The average Bonchev–Trinajstić information content (AvgIpc) is 2.28. The smallest absolute Gasteiger partial charge is 0.127 e. The summed E-state index contributed by atoms with van der Waals surface area (Å²) >= 11 is 0. The Morgan fingerprint density at radius 1 is 1.24 bits per heavy atom. The van der Waals surface area contributed by atoms with Crippen LogP contribution in [0.15, 0.2) is 0 Å². The fourth-order valence-corrected chi connectivity index (χ4v) is 3.39. The van der Waals surface area contributed by atoms with Crippen molar-refractivity contribution >= 4 is 5.84 Å². The van der Waals surface area contributed by atoms with Crippen molar-refractivity contribution in [1.29, 1.82) is 5.41 Å². The molecule has 1 heterocycles. The predicted molar refractivity (Wildman–Crippen MR) is 69.2 cm³/mol. The van der Waals surface area contributed by atoms with Crippen molar-refractivity contribution in [2.24, 2.45) is 17.6 Å². The van der Waals surface area contributed by atoms with Gasteiger partial charge in [-0.2, -0.15) is 0 Å². The van der Waals surface area contributed by atoms with Gasteiger partial charge in [0.15, 0.2) is 0 Å². The molecule has 0 spiro atoms. The summed E-state index contributed by atoms with van der Waals surface area (Å²) in [5, 5.41) is 7.50. The number of nitrogens with two attached hydrogens (primary N) is 1. The van der Waals surface area contributed by atoms with Crippen LogP contribution in [0.2, 0.25) is 0 Å². The largest absolute Gasteiger partial charge is 0.385 e. The molecule has 1 aliphatic carbocycles. The Morgan fingerprint density at radius 3 is 2.47 bits per heavy atom. The molecule has 0 aromatic carbocycles. The standard InChI is InChI=1S/C13H25N3O/c1-9-5-10(2)7-11(6-9)16-3-4-17-12(8-16)13(14)15/h9-12H,3-8H2,1-2H3,(H3,14,15). The van der Waals surface area contributed by atoms with E-state index >= 15 is 0 Å². The highest BCUT2D eigenvalue weighted by Gasteiger charge is 2.32. The van der Waals surface area contributed by atoms with Gasteiger partial charge < -0.3 is 10.5 Å². The maximum absolute atomic E-state index is 7.50. The lowest BCUT2D eigenvalue weighted by Gasteiger charge is -2.42. The molecule has 4 heteroatoms. The number of rotatable bonds is 2. The average molecular weight is 239 g/mol. The van der Waals surface area contributed by atoms with Crippen LogP contribution in [-0.4, -0.2) is 42.6 Å². The number of morpholine rings is 1. The third-order valence-electron chi connectivity index (χ3n) is 4.11. The minimum Gasteiger partial charge on any atom is -0.385 e. The van der Waals surface area contributed by atoms with Gasteiger partial charge in [0.1, 0.15) is 11.9 Å². The topological polar surface area (TPSA) is 62.3 Å². The molecular formula is C13H25N3O. The molecule has 2 aliphatic rings. The monoisotopic (exact) mass is 239 g/mol.